The number of hydrogen-bond acceptors (Lipinski definition) is 2. The molecule has 1 unspecified atom stereocenters. The highest BCUT2D eigenvalue weighted by Crippen LogP contribution is 2.29. The predicted molar refractivity (Wildman–Crippen MR) is 80.6 cm³/mol. The zero-order valence-electron chi connectivity index (χ0n) is 10.7. The van der Waals surface area contributed by atoms with Crippen LogP contribution >= 0.6 is 22.9 Å². The van der Waals surface area contributed by atoms with Crippen LogP contribution in [0.4, 0.5) is 0 Å². The Morgan fingerprint density at radius 1 is 1.28 bits per heavy atom. The molecular weight excluding hydrogens is 262 g/mol. The lowest BCUT2D eigenvalue weighted by Gasteiger charge is -2.16. The van der Waals surface area contributed by atoms with Gasteiger partial charge in [0.05, 0.1) is 4.34 Å². The molecule has 0 amide bonds. The van der Waals surface area contributed by atoms with Crippen LogP contribution in [0, 0.1) is 6.92 Å². The third-order valence-corrected chi connectivity index (χ3v) is 4.26. The van der Waals surface area contributed by atoms with Crippen LogP contribution in [0.15, 0.2) is 36.4 Å². The molecule has 1 atom stereocenters. The average molecular weight is 280 g/mol. The molecule has 1 aromatic carbocycles. The molecule has 0 aliphatic carbocycles. The van der Waals surface area contributed by atoms with Gasteiger partial charge in [0.25, 0.3) is 0 Å². The topological polar surface area (TPSA) is 12.0 Å². The number of nitrogens with one attached hydrogen (secondary N) is 1. The maximum atomic E-state index is 6.02. The lowest BCUT2D eigenvalue weighted by molar-refractivity contribution is 0.558. The second-order valence-electron chi connectivity index (χ2n) is 4.45. The quantitative estimate of drug-likeness (QED) is 0.843. The average Bonchev–Trinajstić information content (AvgIpc) is 2.75. The van der Waals surface area contributed by atoms with Crippen molar-refractivity contribution in [1.82, 2.24) is 5.32 Å². The molecule has 0 saturated heterocycles. The van der Waals surface area contributed by atoms with Crippen molar-refractivity contribution >= 4 is 22.9 Å². The van der Waals surface area contributed by atoms with E-state index in [4.69, 9.17) is 11.6 Å². The van der Waals surface area contributed by atoms with E-state index in [1.54, 1.807) is 11.3 Å². The summed E-state index contributed by atoms with van der Waals surface area (Å²) in [5.74, 6) is 0. The minimum absolute atomic E-state index is 0.356. The summed E-state index contributed by atoms with van der Waals surface area (Å²) in [6.45, 7) is 5.23. The number of halogens is 1. The summed E-state index contributed by atoms with van der Waals surface area (Å²) in [4.78, 5) is 1.31. The number of thiophene rings is 1. The summed E-state index contributed by atoms with van der Waals surface area (Å²) in [6, 6.07) is 13.1. The second kappa shape index (κ2) is 6.37. The van der Waals surface area contributed by atoms with E-state index in [1.807, 2.05) is 6.07 Å². The Hall–Kier alpha value is -0.830. The smallest absolute Gasteiger partial charge is 0.0931 e. The van der Waals surface area contributed by atoms with Crippen LogP contribution in [0.5, 0.6) is 0 Å². The fraction of sp³-hybridized carbons (Fsp3) is 0.333. The molecule has 1 heterocycles. The van der Waals surface area contributed by atoms with Crippen molar-refractivity contribution in [3.8, 4) is 0 Å². The van der Waals surface area contributed by atoms with Crippen LogP contribution in [-0.4, -0.2) is 6.54 Å². The molecule has 0 spiro atoms. The van der Waals surface area contributed by atoms with Gasteiger partial charge in [0, 0.05) is 10.9 Å². The summed E-state index contributed by atoms with van der Waals surface area (Å²) in [6.07, 6.45) is 1.01. The minimum atomic E-state index is 0.356. The fourth-order valence-electron chi connectivity index (χ4n) is 2.11. The molecule has 0 aliphatic rings. The summed E-state index contributed by atoms with van der Waals surface area (Å²) in [5, 5.41) is 3.53. The zero-order chi connectivity index (χ0) is 13.0. The fourth-order valence-corrected chi connectivity index (χ4v) is 3.25. The Morgan fingerprint density at radius 3 is 2.72 bits per heavy atom. The lowest BCUT2D eigenvalue weighted by Crippen LogP contribution is -2.22. The largest absolute Gasteiger partial charge is 0.309 e. The molecular formula is C15H18ClNS. The van der Waals surface area contributed by atoms with Gasteiger partial charge in [0.2, 0.25) is 0 Å². The van der Waals surface area contributed by atoms with E-state index in [1.165, 1.54) is 16.0 Å². The molecule has 1 nitrogen and oxygen atoms in total. The van der Waals surface area contributed by atoms with Crippen molar-refractivity contribution in [3.05, 3.63) is 56.7 Å². The maximum Gasteiger partial charge on any atom is 0.0931 e. The van der Waals surface area contributed by atoms with Crippen LogP contribution in [0.2, 0.25) is 4.34 Å². The molecule has 2 aromatic rings. The van der Waals surface area contributed by atoms with Crippen molar-refractivity contribution in [3.63, 3.8) is 0 Å². The van der Waals surface area contributed by atoms with Crippen molar-refractivity contribution < 1.29 is 0 Å². The Labute approximate surface area is 118 Å². The lowest BCUT2D eigenvalue weighted by atomic mass is 10.0. The third-order valence-electron chi connectivity index (χ3n) is 2.91. The van der Waals surface area contributed by atoms with Crippen molar-refractivity contribution in [1.29, 1.82) is 0 Å². The number of hydrogen-bond donors (Lipinski definition) is 1. The Bertz CT molecular complexity index is 507. The van der Waals surface area contributed by atoms with Gasteiger partial charge in [-0.2, -0.15) is 0 Å². The number of rotatable bonds is 5. The van der Waals surface area contributed by atoms with E-state index in [9.17, 15) is 0 Å². The third kappa shape index (κ3) is 3.58. The molecule has 1 N–H and O–H groups in total. The van der Waals surface area contributed by atoms with E-state index >= 15 is 0 Å². The minimum Gasteiger partial charge on any atom is -0.309 e. The molecule has 3 heteroatoms. The molecule has 2 rings (SSSR count). The molecule has 0 aliphatic heterocycles. The summed E-state index contributed by atoms with van der Waals surface area (Å²) >= 11 is 7.69. The number of likely N-dealkylation sites (N-methyl/N-ethyl adjacent to an activating group) is 1. The van der Waals surface area contributed by atoms with Crippen molar-refractivity contribution in [2.75, 3.05) is 6.54 Å². The van der Waals surface area contributed by atoms with Gasteiger partial charge in [0.15, 0.2) is 0 Å². The van der Waals surface area contributed by atoms with Gasteiger partial charge in [-0.1, -0.05) is 48.4 Å². The summed E-state index contributed by atoms with van der Waals surface area (Å²) in [7, 11) is 0. The SMILES string of the molecule is CCNC(Cc1cccc(C)c1)c1ccc(Cl)s1. The van der Waals surface area contributed by atoms with Crippen LogP contribution in [0.25, 0.3) is 0 Å². The van der Waals surface area contributed by atoms with Gasteiger partial charge in [-0.25, -0.2) is 0 Å². The van der Waals surface area contributed by atoms with Crippen LogP contribution in [-0.2, 0) is 6.42 Å². The molecule has 18 heavy (non-hydrogen) atoms. The molecule has 0 fully saturated rings. The highest BCUT2D eigenvalue weighted by molar-refractivity contribution is 7.16. The van der Waals surface area contributed by atoms with Crippen LogP contribution in [0.3, 0.4) is 0 Å². The normalized spacial score (nSPS) is 12.6. The monoisotopic (exact) mass is 279 g/mol. The van der Waals surface area contributed by atoms with Gasteiger partial charge in [0.1, 0.15) is 0 Å². The van der Waals surface area contributed by atoms with E-state index in [2.05, 4.69) is 49.5 Å². The maximum absolute atomic E-state index is 6.02. The summed E-state index contributed by atoms with van der Waals surface area (Å²) < 4.78 is 0.858. The molecule has 1 aromatic heterocycles. The van der Waals surface area contributed by atoms with Crippen molar-refractivity contribution in [2.24, 2.45) is 0 Å². The van der Waals surface area contributed by atoms with E-state index in [0.29, 0.717) is 6.04 Å². The van der Waals surface area contributed by atoms with Gasteiger partial charge in [-0.15, -0.1) is 11.3 Å². The van der Waals surface area contributed by atoms with E-state index in [-0.39, 0.29) is 0 Å². The second-order valence-corrected chi connectivity index (χ2v) is 6.19. The Balaban J connectivity index is 2.16. The number of aryl methyl sites for hydroxylation is 1. The van der Waals surface area contributed by atoms with Gasteiger partial charge in [-0.3, -0.25) is 0 Å². The van der Waals surface area contributed by atoms with Crippen LogP contribution in [0.1, 0.15) is 29.0 Å². The van der Waals surface area contributed by atoms with Gasteiger partial charge >= 0.3 is 0 Å². The highest BCUT2D eigenvalue weighted by Gasteiger charge is 2.13. The Morgan fingerprint density at radius 2 is 2.11 bits per heavy atom. The first-order valence-electron chi connectivity index (χ1n) is 6.23. The van der Waals surface area contributed by atoms with Gasteiger partial charge < -0.3 is 5.32 Å². The first-order valence-corrected chi connectivity index (χ1v) is 7.42. The number of benzene rings is 1. The first-order chi connectivity index (χ1) is 8.69. The molecule has 96 valence electrons. The zero-order valence-corrected chi connectivity index (χ0v) is 12.3. The van der Waals surface area contributed by atoms with E-state index in [0.717, 1.165) is 17.3 Å². The predicted octanol–water partition coefficient (Wildman–Crippen LogP) is 4.60. The van der Waals surface area contributed by atoms with Crippen molar-refractivity contribution in [2.45, 2.75) is 26.3 Å². The first kappa shape index (κ1) is 13.6. The van der Waals surface area contributed by atoms with Gasteiger partial charge in [-0.05, 0) is 37.6 Å². The molecule has 0 radical (unpaired) electrons. The molecule has 0 saturated carbocycles. The Kier molecular flexibility index (Phi) is 4.81. The van der Waals surface area contributed by atoms with Crippen LogP contribution < -0.4 is 5.32 Å². The van der Waals surface area contributed by atoms with E-state index < -0.39 is 0 Å². The summed E-state index contributed by atoms with van der Waals surface area (Å²) in [5.41, 5.74) is 2.68. The highest BCUT2D eigenvalue weighted by atomic mass is 35.5. The molecule has 0 bridgehead atoms. The standard InChI is InChI=1S/C15H18ClNS/c1-3-17-13(14-7-8-15(16)18-14)10-12-6-4-5-11(2)9-12/h4-9,13,17H,3,10H2,1-2H3.